The molecule has 0 fully saturated rings. The molecule has 4 aromatic rings. The predicted octanol–water partition coefficient (Wildman–Crippen LogP) is 5.57. The van der Waals surface area contributed by atoms with Crippen LogP contribution in [0.4, 0.5) is 5.69 Å². The van der Waals surface area contributed by atoms with Crippen LogP contribution in [0.1, 0.15) is 46.9 Å². The summed E-state index contributed by atoms with van der Waals surface area (Å²) in [5, 5.41) is 2.11. The number of carbonyl (C=O) groups is 1. The lowest BCUT2D eigenvalue weighted by Gasteiger charge is -2.24. The number of imidazole rings is 1. The first kappa shape index (κ1) is 21.3. The van der Waals surface area contributed by atoms with Gasteiger partial charge in [0.2, 0.25) is 0 Å². The predicted molar refractivity (Wildman–Crippen MR) is 133 cm³/mol. The van der Waals surface area contributed by atoms with Gasteiger partial charge in [0.1, 0.15) is 0 Å². The van der Waals surface area contributed by atoms with Gasteiger partial charge in [-0.1, -0.05) is 61.9 Å². The SMILES string of the molecule is CCCCc1ccc2c(c1)CN(C(=O)c1cccc3ccccc13)CCN2Cc1c[nH]cn1. The molecule has 0 unspecified atom stereocenters. The van der Waals surface area contributed by atoms with Gasteiger partial charge in [-0.25, -0.2) is 4.98 Å². The quantitative estimate of drug-likeness (QED) is 0.428. The Bertz CT molecular complexity index is 1240. The number of aryl methyl sites for hydroxylation is 1. The van der Waals surface area contributed by atoms with Crippen molar-refractivity contribution in [1.29, 1.82) is 0 Å². The molecule has 5 heteroatoms. The van der Waals surface area contributed by atoms with Crippen molar-refractivity contribution in [3.8, 4) is 0 Å². The Labute approximate surface area is 195 Å². The van der Waals surface area contributed by atoms with E-state index in [0.717, 1.165) is 41.5 Å². The number of unbranched alkanes of at least 4 members (excludes halogenated alkanes) is 1. The molecular weight excluding hydrogens is 408 g/mol. The van der Waals surface area contributed by atoms with Crippen molar-refractivity contribution in [2.45, 2.75) is 39.3 Å². The molecule has 1 aromatic heterocycles. The second-order valence-corrected chi connectivity index (χ2v) is 8.80. The molecule has 0 radical (unpaired) electrons. The minimum atomic E-state index is 0.0957. The number of amides is 1. The van der Waals surface area contributed by atoms with Crippen LogP contribution in [0.2, 0.25) is 0 Å². The summed E-state index contributed by atoms with van der Waals surface area (Å²) in [6.45, 7) is 5.01. The molecule has 168 valence electrons. The van der Waals surface area contributed by atoms with Crippen molar-refractivity contribution in [3.63, 3.8) is 0 Å². The zero-order valence-electron chi connectivity index (χ0n) is 19.1. The first-order valence-corrected chi connectivity index (χ1v) is 11.8. The number of hydrogen-bond acceptors (Lipinski definition) is 3. The number of carbonyl (C=O) groups excluding carboxylic acids is 1. The maximum atomic E-state index is 13.7. The van der Waals surface area contributed by atoms with E-state index in [9.17, 15) is 4.79 Å². The highest BCUT2D eigenvalue weighted by Crippen LogP contribution is 2.30. The fourth-order valence-corrected chi connectivity index (χ4v) is 4.75. The van der Waals surface area contributed by atoms with Crippen molar-refractivity contribution in [1.82, 2.24) is 14.9 Å². The average molecular weight is 439 g/mol. The first-order chi connectivity index (χ1) is 16.2. The lowest BCUT2D eigenvalue weighted by Crippen LogP contribution is -2.35. The van der Waals surface area contributed by atoms with Crippen molar-refractivity contribution >= 4 is 22.4 Å². The van der Waals surface area contributed by atoms with Crippen LogP contribution in [0.15, 0.2) is 73.2 Å². The van der Waals surface area contributed by atoms with Crippen LogP contribution in [-0.4, -0.2) is 33.9 Å². The Morgan fingerprint density at radius 1 is 1.06 bits per heavy atom. The summed E-state index contributed by atoms with van der Waals surface area (Å²) >= 11 is 0. The number of anilines is 1. The van der Waals surface area contributed by atoms with Gasteiger partial charge in [-0.2, -0.15) is 0 Å². The highest BCUT2D eigenvalue weighted by molar-refractivity contribution is 6.07. The van der Waals surface area contributed by atoms with Gasteiger partial charge in [0.05, 0.1) is 18.6 Å². The topological polar surface area (TPSA) is 52.2 Å². The highest BCUT2D eigenvalue weighted by Gasteiger charge is 2.25. The van der Waals surface area contributed by atoms with E-state index in [2.05, 4.69) is 52.1 Å². The molecule has 0 aliphatic carbocycles. The Balaban J connectivity index is 1.49. The molecule has 0 atom stereocenters. The van der Waals surface area contributed by atoms with Gasteiger partial charge in [0.25, 0.3) is 5.91 Å². The van der Waals surface area contributed by atoms with Crippen LogP contribution in [0, 0.1) is 0 Å². The van der Waals surface area contributed by atoms with E-state index in [0.29, 0.717) is 13.1 Å². The molecule has 1 N–H and O–H groups in total. The standard InChI is InChI=1S/C28H30N4O/c1-2-3-7-21-12-13-27-23(16-21)18-32(15-14-31(27)19-24-17-29-20-30-24)28(33)26-11-6-9-22-8-4-5-10-25(22)26/h4-6,8-13,16-17,20H,2-3,7,14-15,18-19H2,1H3,(H,29,30). The van der Waals surface area contributed by atoms with E-state index >= 15 is 0 Å². The van der Waals surface area contributed by atoms with Crippen molar-refractivity contribution < 1.29 is 4.79 Å². The zero-order valence-corrected chi connectivity index (χ0v) is 19.1. The molecule has 3 aromatic carbocycles. The zero-order chi connectivity index (χ0) is 22.6. The van der Waals surface area contributed by atoms with Crippen molar-refractivity contribution in [3.05, 3.63) is 95.6 Å². The van der Waals surface area contributed by atoms with Crippen LogP contribution in [0.3, 0.4) is 0 Å². The lowest BCUT2D eigenvalue weighted by molar-refractivity contribution is 0.0753. The number of fused-ring (bicyclic) bond motifs is 2. The minimum absolute atomic E-state index is 0.0957. The third kappa shape index (κ3) is 4.49. The van der Waals surface area contributed by atoms with Gasteiger partial charge in [-0.15, -0.1) is 0 Å². The van der Waals surface area contributed by atoms with Gasteiger partial charge < -0.3 is 14.8 Å². The molecule has 0 saturated carbocycles. The summed E-state index contributed by atoms with van der Waals surface area (Å²) in [7, 11) is 0. The second kappa shape index (κ2) is 9.49. The molecule has 1 aliphatic rings. The Hall–Kier alpha value is -3.60. The number of benzene rings is 3. The smallest absolute Gasteiger partial charge is 0.254 e. The van der Waals surface area contributed by atoms with Crippen LogP contribution >= 0.6 is 0 Å². The normalized spacial score (nSPS) is 13.7. The Morgan fingerprint density at radius 3 is 2.79 bits per heavy atom. The molecule has 5 nitrogen and oxygen atoms in total. The molecule has 0 saturated heterocycles. The fourth-order valence-electron chi connectivity index (χ4n) is 4.75. The second-order valence-electron chi connectivity index (χ2n) is 8.80. The lowest BCUT2D eigenvalue weighted by atomic mass is 10.0. The van der Waals surface area contributed by atoms with E-state index in [4.69, 9.17) is 0 Å². The van der Waals surface area contributed by atoms with Gasteiger partial charge in [-0.3, -0.25) is 4.79 Å². The molecule has 2 heterocycles. The van der Waals surface area contributed by atoms with E-state index in [1.165, 1.54) is 29.7 Å². The maximum absolute atomic E-state index is 13.7. The number of hydrogen-bond donors (Lipinski definition) is 1. The van der Waals surface area contributed by atoms with Gasteiger partial charge >= 0.3 is 0 Å². The monoisotopic (exact) mass is 438 g/mol. The number of nitrogens with zero attached hydrogens (tertiary/aromatic N) is 3. The summed E-state index contributed by atoms with van der Waals surface area (Å²) in [5.74, 6) is 0.0957. The molecule has 0 bridgehead atoms. The number of aromatic nitrogens is 2. The third-order valence-electron chi connectivity index (χ3n) is 6.52. The molecule has 1 aliphatic heterocycles. The summed E-state index contributed by atoms with van der Waals surface area (Å²) in [5.41, 5.74) is 5.54. The Morgan fingerprint density at radius 2 is 1.94 bits per heavy atom. The molecular formula is C28H30N4O. The maximum Gasteiger partial charge on any atom is 0.254 e. The van der Waals surface area contributed by atoms with E-state index in [1.807, 2.05) is 41.4 Å². The molecule has 0 spiro atoms. The first-order valence-electron chi connectivity index (χ1n) is 11.8. The molecule has 5 rings (SSSR count). The van der Waals surface area contributed by atoms with Gasteiger partial charge in [-0.05, 0) is 46.9 Å². The Kier molecular flexibility index (Phi) is 6.11. The van der Waals surface area contributed by atoms with Gasteiger partial charge in [0.15, 0.2) is 0 Å². The number of aromatic amines is 1. The van der Waals surface area contributed by atoms with Crippen LogP contribution < -0.4 is 4.90 Å². The minimum Gasteiger partial charge on any atom is -0.364 e. The van der Waals surface area contributed by atoms with Gasteiger partial charge in [0, 0.05) is 37.1 Å². The average Bonchev–Trinajstić information content (AvgIpc) is 3.30. The van der Waals surface area contributed by atoms with Crippen molar-refractivity contribution in [2.75, 3.05) is 18.0 Å². The van der Waals surface area contributed by atoms with E-state index < -0.39 is 0 Å². The van der Waals surface area contributed by atoms with E-state index in [1.54, 1.807) is 6.33 Å². The van der Waals surface area contributed by atoms with Crippen LogP contribution in [0.5, 0.6) is 0 Å². The molecule has 1 amide bonds. The van der Waals surface area contributed by atoms with E-state index in [-0.39, 0.29) is 5.91 Å². The summed E-state index contributed by atoms with van der Waals surface area (Å²) in [6.07, 6.45) is 7.08. The molecule has 33 heavy (non-hydrogen) atoms. The fraction of sp³-hybridized carbons (Fsp3) is 0.286. The van der Waals surface area contributed by atoms with Crippen molar-refractivity contribution in [2.24, 2.45) is 0 Å². The summed E-state index contributed by atoms with van der Waals surface area (Å²) < 4.78 is 0. The summed E-state index contributed by atoms with van der Waals surface area (Å²) in [4.78, 5) is 25.6. The van der Waals surface area contributed by atoms with Crippen LogP contribution in [-0.2, 0) is 19.5 Å². The van der Waals surface area contributed by atoms with Crippen LogP contribution in [0.25, 0.3) is 10.8 Å². The largest absolute Gasteiger partial charge is 0.364 e. The number of rotatable bonds is 6. The highest BCUT2D eigenvalue weighted by atomic mass is 16.2. The third-order valence-corrected chi connectivity index (χ3v) is 6.52. The number of nitrogens with one attached hydrogen (secondary N) is 1. The summed E-state index contributed by atoms with van der Waals surface area (Å²) in [6, 6.07) is 20.9. The number of H-pyrrole nitrogens is 1.